The lowest BCUT2D eigenvalue weighted by Crippen LogP contribution is -2.63. The van der Waals surface area contributed by atoms with Crippen LogP contribution in [0.4, 0.5) is 10.5 Å². The van der Waals surface area contributed by atoms with Crippen molar-refractivity contribution in [3.63, 3.8) is 0 Å². The molecule has 1 aromatic rings. The van der Waals surface area contributed by atoms with Crippen molar-refractivity contribution >= 4 is 80.3 Å². The van der Waals surface area contributed by atoms with E-state index in [2.05, 4.69) is 5.32 Å². The lowest BCUT2D eigenvalue weighted by molar-refractivity contribution is -0.162. The van der Waals surface area contributed by atoms with E-state index >= 15 is 0 Å². The number of ketones is 2. The van der Waals surface area contributed by atoms with E-state index in [0.717, 1.165) is 16.7 Å². The van der Waals surface area contributed by atoms with Crippen LogP contribution in [0, 0.1) is 18.8 Å². The topological polar surface area (TPSA) is 219 Å². The summed E-state index contributed by atoms with van der Waals surface area (Å²) >= 11 is 6.83. The van der Waals surface area contributed by atoms with Crippen LogP contribution in [0.15, 0.2) is 35.9 Å². The molecule has 0 saturated carbocycles. The number of carboxylic acids is 1. The molecule has 2 saturated heterocycles. The number of carbonyl (C=O) groups excluding carboxylic acids is 6. The molecule has 2 fully saturated rings. The largest absolute Gasteiger partial charge is 0.481 e. The molecule has 1 unspecified atom stereocenters. The lowest BCUT2D eigenvalue weighted by Gasteiger charge is -2.42. The van der Waals surface area contributed by atoms with Gasteiger partial charge in [-0.05, 0) is 84.4 Å². The molecule has 3 aliphatic heterocycles. The molecule has 3 aliphatic rings. The van der Waals surface area contributed by atoms with E-state index in [-0.39, 0.29) is 60.7 Å². The molecule has 9 atom stereocenters. The van der Waals surface area contributed by atoms with Crippen molar-refractivity contribution in [2.45, 2.75) is 173 Å². The van der Waals surface area contributed by atoms with Gasteiger partial charge in [-0.2, -0.15) is 0 Å². The number of rotatable bonds is 20. The van der Waals surface area contributed by atoms with E-state index in [0.29, 0.717) is 48.6 Å². The average molecular weight is 1020 g/mol. The number of alkyl carbamates (subject to hydrolysis) is 1. The van der Waals surface area contributed by atoms with Crippen molar-refractivity contribution in [2.75, 3.05) is 31.9 Å². The monoisotopic (exact) mass is 1020 g/mol. The molecular formula is C50H72ClN3O13S2. The van der Waals surface area contributed by atoms with Gasteiger partial charge in [-0.3, -0.25) is 29.3 Å². The molecular weight excluding hydrogens is 950 g/mol. The van der Waals surface area contributed by atoms with E-state index in [1.807, 2.05) is 45.9 Å². The predicted octanol–water partition coefficient (Wildman–Crippen LogP) is 7.95. The number of hydrogen-bond acceptors (Lipinski definition) is 14. The minimum atomic E-state index is -1.85. The van der Waals surface area contributed by atoms with Crippen molar-refractivity contribution in [3.8, 4) is 0 Å². The lowest BCUT2D eigenvalue weighted by atomic mass is 9.83. The van der Waals surface area contributed by atoms with Crippen molar-refractivity contribution in [2.24, 2.45) is 11.8 Å². The number of allylic oxidation sites excluding steroid dienone is 3. The summed E-state index contributed by atoms with van der Waals surface area (Å²) in [4.78, 5) is 93.0. The Labute approximate surface area is 419 Å². The maximum atomic E-state index is 14.3. The summed E-state index contributed by atoms with van der Waals surface area (Å²) in [5.41, 5.74) is -0.0122. The first-order valence-electron chi connectivity index (χ1n) is 23.6. The molecule has 0 aromatic heterocycles. The summed E-state index contributed by atoms with van der Waals surface area (Å²) in [5.74, 6) is -3.13. The number of aryl methyl sites for hydroxylation is 1. The number of epoxide rings is 1. The van der Waals surface area contributed by atoms with E-state index < -0.39 is 77.6 Å². The fourth-order valence-electron chi connectivity index (χ4n) is 8.55. The summed E-state index contributed by atoms with van der Waals surface area (Å²) in [7, 11) is 7.79. The van der Waals surface area contributed by atoms with Crippen molar-refractivity contribution in [1.29, 1.82) is 0 Å². The van der Waals surface area contributed by atoms with E-state index in [1.54, 1.807) is 61.6 Å². The molecule has 4 rings (SSSR count). The van der Waals surface area contributed by atoms with Gasteiger partial charge in [-0.15, -0.1) is 0 Å². The van der Waals surface area contributed by atoms with Crippen LogP contribution < -0.4 is 10.2 Å². The molecule has 3 N–H and O–H groups in total. The molecule has 3 amide bonds. The van der Waals surface area contributed by atoms with Gasteiger partial charge in [0.05, 0.1) is 29.2 Å². The quantitative estimate of drug-likeness (QED) is 0.0489. The maximum absolute atomic E-state index is 14.3. The zero-order chi connectivity index (χ0) is 51.6. The highest BCUT2D eigenvalue weighted by Crippen LogP contribution is 2.49. The van der Waals surface area contributed by atoms with Crippen LogP contribution in [0.5, 0.6) is 0 Å². The Kier molecular flexibility index (Phi) is 20.8. The SMILES string of the molecule is CO[C@@H]1/C=C/C=C(\C)Cc2cc(C)c(Cl)c(c2)N(C)C(=O)C[C@H](OC(=O)[C@H](C)N(C)C(=O)CCC(C)(C)SSCCCC(=O)CCCC(=O)CC(C)C(=O)O)[C@]2(C)O[C@H]2[C@H](C)[C@@H]2C[C@@]1(O)NC(=O)O2. The van der Waals surface area contributed by atoms with Crippen LogP contribution in [0.3, 0.4) is 0 Å². The predicted molar refractivity (Wildman–Crippen MR) is 267 cm³/mol. The van der Waals surface area contributed by atoms with Gasteiger partial charge in [0, 0.05) is 76.1 Å². The summed E-state index contributed by atoms with van der Waals surface area (Å²) < 4.78 is 23.6. The fraction of sp³-hybridized carbons (Fsp3) is 0.660. The number of hydrogen-bond donors (Lipinski definition) is 3. The number of aliphatic hydroxyl groups is 1. The highest BCUT2D eigenvalue weighted by Gasteiger charge is 2.64. The van der Waals surface area contributed by atoms with Gasteiger partial charge in [0.1, 0.15) is 41.5 Å². The van der Waals surface area contributed by atoms with Gasteiger partial charge in [0.15, 0.2) is 5.72 Å². The van der Waals surface area contributed by atoms with Crippen LogP contribution in [-0.4, -0.2) is 130 Å². The molecule has 0 aliphatic carbocycles. The minimum absolute atomic E-state index is 0.0329. The van der Waals surface area contributed by atoms with Gasteiger partial charge < -0.3 is 39.0 Å². The first-order chi connectivity index (χ1) is 32.2. The average Bonchev–Trinajstić information content (AvgIpc) is 3.97. The van der Waals surface area contributed by atoms with Crippen LogP contribution in [0.2, 0.25) is 5.02 Å². The number of esters is 1. The number of halogens is 1. The van der Waals surface area contributed by atoms with E-state index in [4.69, 9.17) is 35.7 Å². The summed E-state index contributed by atoms with van der Waals surface area (Å²) in [6.45, 7) is 14.4. The first-order valence-corrected chi connectivity index (χ1v) is 26.3. The third kappa shape index (κ3) is 16.0. The zero-order valence-electron chi connectivity index (χ0n) is 41.9. The van der Waals surface area contributed by atoms with Crippen LogP contribution >= 0.6 is 33.2 Å². The van der Waals surface area contributed by atoms with Crippen LogP contribution in [-0.2, 0) is 54.1 Å². The number of fused-ring (bicyclic) bond motifs is 5. The molecule has 16 nitrogen and oxygen atoms in total. The second-order valence-electron chi connectivity index (χ2n) is 19.7. The number of ether oxygens (including phenoxy) is 4. The second kappa shape index (κ2) is 24.9. The molecule has 0 spiro atoms. The van der Waals surface area contributed by atoms with Crippen LogP contribution in [0.1, 0.15) is 124 Å². The summed E-state index contributed by atoms with van der Waals surface area (Å²) in [6.07, 6.45) is 3.42. The van der Waals surface area contributed by atoms with Gasteiger partial charge in [-0.1, -0.05) is 76.9 Å². The Morgan fingerprint density at radius 3 is 2.41 bits per heavy atom. The van der Waals surface area contributed by atoms with Crippen molar-refractivity contribution in [1.82, 2.24) is 10.2 Å². The maximum Gasteiger partial charge on any atom is 0.409 e. The standard InChI is InChI=1S/C50H72ClN3O13S2/c1-29-15-12-19-39(64-11)50(63)28-38(65-47(62)52-50)32(4)44-49(8,67-44)40(27-42(58)54(10)37-26-34(23-29)24-30(2)43(37)51)66-46(61)33(5)53(9)41(57)20-21-48(6,7)69-68-22-14-18-35(55)16-13-17-36(56)25-31(3)45(59)60/h12,15,19,24,26,31-33,38-40,44,63H,13-14,16-18,20-23,25,27-28H2,1-11H3,(H,52,62)(H,59,60)/b19-12+,29-15+/t31?,32-,33+,38+,39-,40+,44+,49+,50+/m1/s1. The number of likely N-dealkylation sites (N-methyl/N-ethyl adjacent to an activating group) is 1. The molecule has 19 heteroatoms. The number of methoxy groups -OCH3 is 1. The molecule has 384 valence electrons. The minimum Gasteiger partial charge on any atom is -0.481 e. The number of amides is 3. The normalized spacial score (nSPS) is 27.3. The summed E-state index contributed by atoms with van der Waals surface area (Å²) in [6, 6.07) is 2.75. The molecule has 4 bridgehead atoms. The number of nitrogens with zero attached hydrogens (tertiary/aromatic N) is 2. The number of nitrogens with one attached hydrogen (secondary N) is 1. The second-order valence-corrected chi connectivity index (χ2v) is 23.2. The van der Waals surface area contributed by atoms with Gasteiger partial charge in [0.25, 0.3) is 0 Å². The first kappa shape index (κ1) is 57.6. The zero-order valence-corrected chi connectivity index (χ0v) is 44.3. The van der Waals surface area contributed by atoms with Gasteiger partial charge in [0.2, 0.25) is 11.8 Å². The van der Waals surface area contributed by atoms with Crippen molar-refractivity contribution < 1.29 is 62.7 Å². The molecule has 1 aromatic carbocycles. The Hall–Kier alpha value is -3.94. The Balaban J connectivity index is 1.42. The van der Waals surface area contributed by atoms with Gasteiger partial charge >= 0.3 is 18.0 Å². The van der Waals surface area contributed by atoms with E-state index in [1.165, 1.54) is 30.9 Å². The number of anilines is 1. The third-order valence-corrected chi connectivity index (χ3v) is 17.2. The Bertz CT molecular complexity index is 2140. The number of aliphatic carboxylic acids is 1. The highest BCUT2D eigenvalue weighted by molar-refractivity contribution is 8.77. The highest BCUT2D eigenvalue weighted by atomic mass is 35.5. The number of carbonyl (C=O) groups is 7. The summed E-state index contributed by atoms with van der Waals surface area (Å²) in [5, 5.41) is 23.7. The van der Waals surface area contributed by atoms with Crippen LogP contribution in [0.25, 0.3) is 0 Å². The Morgan fingerprint density at radius 1 is 1.07 bits per heavy atom. The molecule has 3 heterocycles. The van der Waals surface area contributed by atoms with Gasteiger partial charge in [-0.25, -0.2) is 9.59 Å². The van der Waals surface area contributed by atoms with E-state index in [9.17, 15) is 38.7 Å². The number of benzene rings is 1. The number of Topliss-reactive ketones (excluding diaryl/α,β-unsaturated/α-hetero) is 2. The Morgan fingerprint density at radius 2 is 1.74 bits per heavy atom. The molecule has 69 heavy (non-hydrogen) atoms. The third-order valence-electron chi connectivity index (χ3n) is 13.3. The van der Waals surface area contributed by atoms with Crippen molar-refractivity contribution in [3.05, 3.63) is 52.1 Å². The fourth-order valence-corrected chi connectivity index (χ4v) is 11.4. The molecule has 0 radical (unpaired) electrons. The number of carboxylic acid groups (broad SMARTS) is 1. The smallest absolute Gasteiger partial charge is 0.409 e.